The Hall–Kier alpha value is -1.60. The molecule has 1 heteroatoms. The van der Waals surface area contributed by atoms with Crippen molar-refractivity contribution in [3.63, 3.8) is 0 Å². The van der Waals surface area contributed by atoms with E-state index in [0.717, 1.165) is 18.9 Å². The van der Waals surface area contributed by atoms with Gasteiger partial charge in [0, 0.05) is 12.6 Å². The molecule has 0 saturated heterocycles. The summed E-state index contributed by atoms with van der Waals surface area (Å²) in [5.74, 6) is 0.825. The van der Waals surface area contributed by atoms with Gasteiger partial charge in [-0.2, -0.15) is 0 Å². The van der Waals surface area contributed by atoms with E-state index in [-0.39, 0.29) is 0 Å². The molecule has 1 fully saturated rings. The summed E-state index contributed by atoms with van der Waals surface area (Å²) in [6.45, 7) is 3.20. The van der Waals surface area contributed by atoms with Gasteiger partial charge in [-0.3, -0.25) is 0 Å². The number of aryl methyl sites for hydroxylation is 1. The third kappa shape index (κ3) is 3.10. The molecular formula is C19H23N. The summed E-state index contributed by atoms with van der Waals surface area (Å²) in [5.41, 5.74) is 4.34. The Morgan fingerprint density at radius 1 is 0.950 bits per heavy atom. The number of rotatable bonds is 6. The van der Waals surface area contributed by atoms with Crippen LogP contribution in [0.1, 0.15) is 42.5 Å². The molecule has 1 aliphatic carbocycles. The van der Waals surface area contributed by atoms with Crippen LogP contribution in [0.5, 0.6) is 0 Å². The molecule has 2 aromatic carbocycles. The van der Waals surface area contributed by atoms with E-state index in [4.69, 9.17) is 0 Å². The van der Waals surface area contributed by atoms with E-state index >= 15 is 0 Å². The van der Waals surface area contributed by atoms with Gasteiger partial charge in [0.05, 0.1) is 0 Å². The SMILES string of the molecule is CCc1ccccc1CNC(c1ccccc1)C1CC1. The van der Waals surface area contributed by atoms with Crippen LogP contribution in [0.25, 0.3) is 0 Å². The van der Waals surface area contributed by atoms with Crippen LogP contribution in [0.15, 0.2) is 54.6 Å². The maximum absolute atomic E-state index is 3.79. The Morgan fingerprint density at radius 3 is 2.25 bits per heavy atom. The zero-order valence-corrected chi connectivity index (χ0v) is 12.2. The molecule has 3 rings (SSSR count). The summed E-state index contributed by atoms with van der Waals surface area (Å²) in [5, 5.41) is 3.79. The molecule has 0 spiro atoms. The first kappa shape index (κ1) is 13.4. The summed E-state index contributed by atoms with van der Waals surface area (Å²) in [4.78, 5) is 0. The average Bonchev–Trinajstić information content (AvgIpc) is 3.34. The maximum atomic E-state index is 3.79. The van der Waals surface area contributed by atoms with E-state index in [2.05, 4.69) is 66.8 Å². The molecule has 104 valence electrons. The summed E-state index contributed by atoms with van der Waals surface area (Å²) in [6, 6.07) is 20.2. The Bertz CT molecular complexity index is 543. The van der Waals surface area contributed by atoms with Crippen molar-refractivity contribution in [3.05, 3.63) is 71.3 Å². The van der Waals surface area contributed by atoms with Gasteiger partial charge in [0.15, 0.2) is 0 Å². The predicted molar refractivity (Wildman–Crippen MR) is 84.6 cm³/mol. The van der Waals surface area contributed by atoms with Gasteiger partial charge in [-0.1, -0.05) is 61.5 Å². The number of nitrogens with one attached hydrogen (secondary N) is 1. The van der Waals surface area contributed by atoms with Crippen molar-refractivity contribution >= 4 is 0 Å². The van der Waals surface area contributed by atoms with Crippen molar-refractivity contribution in [2.45, 2.75) is 38.8 Å². The van der Waals surface area contributed by atoms with Crippen LogP contribution in [0.4, 0.5) is 0 Å². The van der Waals surface area contributed by atoms with Crippen molar-refractivity contribution in [1.29, 1.82) is 0 Å². The lowest BCUT2D eigenvalue weighted by Crippen LogP contribution is -2.23. The van der Waals surface area contributed by atoms with Gasteiger partial charge >= 0.3 is 0 Å². The van der Waals surface area contributed by atoms with E-state index in [1.54, 1.807) is 0 Å². The summed E-state index contributed by atoms with van der Waals surface area (Å²) in [7, 11) is 0. The largest absolute Gasteiger partial charge is 0.306 e. The van der Waals surface area contributed by atoms with E-state index < -0.39 is 0 Å². The van der Waals surface area contributed by atoms with Crippen molar-refractivity contribution in [2.24, 2.45) is 5.92 Å². The lowest BCUT2D eigenvalue weighted by molar-refractivity contribution is 0.479. The van der Waals surface area contributed by atoms with E-state index in [9.17, 15) is 0 Å². The fourth-order valence-electron chi connectivity index (χ4n) is 2.94. The van der Waals surface area contributed by atoms with Gasteiger partial charge in [0.2, 0.25) is 0 Å². The van der Waals surface area contributed by atoms with Crippen LogP contribution in [0.2, 0.25) is 0 Å². The van der Waals surface area contributed by atoms with Gasteiger partial charge < -0.3 is 5.32 Å². The standard InChI is InChI=1S/C19H23N/c1-2-15-8-6-7-11-18(15)14-20-19(17-12-13-17)16-9-4-3-5-10-16/h3-11,17,19-20H,2,12-14H2,1H3. The van der Waals surface area contributed by atoms with Crippen LogP contribution in [-0.4, -0.2) is 0 Å². The molecule has 1 aliphatic rings. The lowest BCUT2D eigenvalue weighted by atomic mass is 10.0. The van der Waals surface area contributed by atoms with Gasteiger partial charge in [-0.05, 0) is 41.9 Å². The number of hydrogen-bond donors (Lipinski definition) is 1. The Balaban J connectivity index is 1.72. The molecular weight excluding hydrogens is 242 g/mol. The fraction of sp³-hybridized carbons (Fsp3) is 0.368. The minimum Gasteiger partial charge on any atom is -0.306 e. The highest BCUT2D eigenvalue weighted by molar-refractivity contribution is 5.28. The normalized spacial score (nSPS) is 16.1. The van der Waals surface area contributed by atoms with Gasteiger partial charge in [0.25, 0.3) is 0 Å². The van der Waals surface area contributed by atoms with Crippen LogP contribution in [0, 0.1) is 5.92 Å². The topological polar surface area (TPSA) is 12.0 Å². The molecule has 1 atom stereocenters. The molecule has 0 bridgehead atoms. The van der Waals surface area contributed by atoms with Crippen LogP contribution < -0.4 is 5.32 Å². The Kier molecular flexibility index (Phi) is 4.17. The number of benzene rings is 2. The van der Waals surface area contributed by atoms with Gasteiger partial charge in [-0.15, -0.1) is 0 Å². The molecule has 0 aromatic heterocycles. The van der Waals surface area contributed by atoms with Crippen molar-refractivity contribution in [1.82, 2.24) is 5.32 Å². The minimum absolute atomic E-state index is 0.515. The third-order valence-corrected chi connectivity index (χ3v) is 4.26. The van der Waals surface area contributed by atoms with Crippen LogP contribution in [0.3, 0.4) is 0 Å². The summed E-state index contributed by atoms with van der Waals surface area (Å²) in [6.07, 6.45) is 3.83. The molecule has 0 amide bonds. The number of hydrogen-bond acceptors (Lipinski definition) is 1. The van der Waals surface area contributed by atoms with E-state index in [0.29, 0.717) is 6.04 Å². The minimum atomic E-state index is 0.515. The molecule has 0 radical (unpaired) electrons. The highest BCUT2D eigenvalue weighted by atomic mass is 14.9. The Morgan fingerprint density at radius 2 is 1.60 bits per heavy atom. The highest BCUT2D eigenvalue weighted by Gasteiger charge is 2.31. The summed E-state index contributed by atoms with van der Waals surface area (Å²) < 4.78 is 0. The average molecular weight is 265 g/mol. The second-order valence-electron chi connectivity index (χ2n) is 5.73. The van der Waals surface area contributed by atoms with Crippen LogP contribution >= 0.6 is 0 Å². The lowest BCUT2D eigenvalue weighted by Gasteiger charge is -2.20. The molecule has 0 heterocycles. The molecule has 1 nitrogen and oxygen atoms in total. The van der Waals surface area contributed by atoms with Gasteiger partial charge in [0.1, 0.15) is 0 Å². The second-order valence-corrected chi connectivity index (χ2v) is 5.73. The first-order valence-electron chi connectivity index (χ1n) is 7.73. The van der Waals surface area contributed by atoms with Crippen LogP contribution in [-0.2, 0) is 13.0 Å². The monoisotopic (exact) mass is 265 g/mol. The molecule has 1 unspecified atom stereocenters. The predicted octanol–water partition coefficient (Wildman–Crippen LogP) is 4.49. The summed E-state index contributed by atoms with van der Waals surface area (Å²) >= 11 is 0. The van der Waals surface area contributed by atoms with Crippen molar-refractivity contribution < 1.29 is 0 Å². The quantitative estimate of drug-likeness (QED) is 0.811. The fourth-order valence-corrected chi connectivity index (χ4v) is 2.94. The smallest absolute Gasteiger partial charge is 0.0351 e. The molecule has 20 heavy (non-hydrogen) atoms. The van der Waals surface area contributed by atoms with E-state index in [1.165, 1.54) is 29.5 Å². The molecule has 1 N–H and O–H groups in total. The third-order valence-electron chi connectivity index (χ3n) is 4.26. The maximum Gasteiger partial charge on any atom is 0.0351 e. The zero-order valence-electron chi connectivity index (χ0n) is 12.2. The molecule has 0 aliphatic heterocycles. The molecule has 1 saturated carbocycles. The molecule has 2 aromatic rings. The van der Waals surface area contributed by atoms with Crippen molar-refractivity contribution in [3.8, 4) is 0 Å². The second kappa shape index (κ2) is 6.23. The zero-order chi connectivity index (χ0) is 13.8. The van der Waals surface area contributed by atoms with E-state index in [1.807, 2.05) is 0 Å². The van der Waals surface area contributed by atoms with Crippen molar-refractivity contribution in [2.75, 3.05) is 0 Å². The first-order valence-corrected chi connectivity index (χ1v) is 7.73. The van der Waals surface area contributed by atoms with Gasteiger partial charge in [-0.25, -0.2) is 0 Å². The Labute approximate surface area is 122 Å². The first-order chi connectivity index (χ1) is 9.88. The highest BCUT2D eigenvalue weighted by Crippen LogP contribution is 2.41.